The first kappa shape index (κ1) is 42.3. The Morgan fingerprint density at radius 2 is 1.60 bits per heavy atom. The van der Waals surface area contributed by atoms with Crippen LogP contribution in [-0.2, 0) is 14.3 Å². The van der Waals surface area contributed by atoms with E-state index >= 15 is 0 Å². The largest absolute Gasteiger partial charge is 0.451 e. The van der Waals surface area contributed by atoms with Gasteiger partial charge in [0.25, 0.3) is 5.91 Å². The van der Waals surface area contributed by atoms with Gasteiger partial charge in [-0.05, 0) is 131 Å². The summed E-state index contributed by atoms with van der Waals surface area (Å²) in [4.78, 5) is 68.1. The molecule has 1 aliphatic carbocycles. The molecule has 6 rings (SSSR count). The van der Waals surface area contributed by atoms with E-state index in [4.69, 9.17) is 9.47 Å². The number of likely N-dealkylation sites (tertiary alicyclic amines) is 2. The fraction of sp³-hybridized carbons (Fsp3) is 0.659. The first-order valence-electron chi connectivity index (χ1n) is 19.9. The first-order valence-corrected chi connectivity index (χ1v) is 19.9. The van der Waals surface area contributed by atoms with Crippen LogP contribution in [0.4, 0.5) is 28.2 Å². The SMILES string of the molecule is CC(C)N(C(=O)c1cc(F)ccc1Oc1cncnc1N1CC2(CCN(C[C@H]3CC[C@]4(CC3)CC(C(=O)C(F)(F)F)C(=O)N4C(=O)OC(C)(C)C)CC2)C1)C(C)C. The van der Waals surface area contributed by atoms with Crippen molar-refractivity contribution in [1.82, 2.24) is 24.7 Å². The fourth-order valence-electron chi connectivity index (χ4n) is 9.27. The summed E-state index contributed by atoms with van der Waals surface area (Å²) in [5.41, 5.74) is -1.98. The molecule has 1 aromatic carbocycles. The van der Waals surface area contributed by atoms with Gasteiger partial charge in [-0.3, -0.25) is 14.4 Å². The lowest BCUT2D eigenvalue weighted by molar-refractivity contribution is -0.176. The molecule has 4 aliphatic rings. The molecule has 0 N–H and O–H groups in total. The van der Waals surface area contributed by atoms with Gasteiger partial charge in [0, 0.05) is 37.1 Å². The highest BCUT2D eigenvalue weighted by atomic mass is 19.4. The highest BCUT2D eigenvalue weighted by Crippen LogP contribution is 2.49. The number of aromatic nitrogens is 2. The molecule has 16 heteroatoms. The minimum Gasteiger partial charge on any atom is -0.451 e. The zero-order chi connectivity index (χ0) is 41.7. The van der Waals surface area contributed by atoms with Crippen LogP contribution in [0.25, 0.3) is 0 Å². The Morgan fingerprint density at radius 1 is 0.965 bits per heavy atom. The van der Waals surface area contributed by atoms with Crippen molar-refractivity contribution in [3.63, 3.8) is 0 Å². The van der Waals surface area contributed by atoms with Crippen LogP contribution in [0.3, 0.4) is 0 Å². The summed E-state index contributed by atoms with van der Waals surface area (Å²) in [5, 5.41) is 0. The maximum absolute atomic E-state index is 14.4. The van der Waals surface area contributed by atoms with Gasteiger partial charge in [-0.25, -0.2) is 24.1 Å². The van der Waals surface area contributed by atoms with Crippen molar-refractivity contribution in [2.24, 2.45) is 17.3 Å². The average molecular weight is 803 g/mol. The van der Waals surface area contributed by atoms with Crippen LogP contribution < -0.4 is 9.64 Å². The molecule has 1 atom stereocenters. The number of hydrogen-bond donors (Lipinski definition) is 0. The molecule has 0 radical (unpaired) electrons. The van der Waals surface area contributed by atoms with Crippen molar-refractivity contribution in [3.05, 3.63) is 42.1 Å². The van der Waals surface area contributed by atoms with Gasteiger partial charge in [0.05, 0.1) is 17.3 Å². The van der Waals surface area contributed by atoms with E-state index in [0.29, 0.717) is 37.3 Å². The predicted molar refractivity (Wildman–Crippen MR) is 202 cm³/mol. The van der Waals surface area contributed by atoms with Crippen molar-refractivity contribution < 1.29 is 46.2 Å². The normalized spacial score (nSPS) is 24.0. The third kappa shape index (κ3) is 8.90. The van der Waals surface area contributed by atoms with Crippen LogP contribution in [-0.4, -0.2) is 110 Å². The van der Waals surface area contributed by atoms with Gasteiger partial charge >= 0.3 is 12.3 Å². The molecule has 312 valence electrons. The number of amides is 3. The first-order chi connectivity index (χ1) is 26.6. The Kier molecular flexibility index (Phi) is 11.7. The third-order valence-corrected chi connectivity index (χ3v) is 12.0. The second-order valence-corrected chi connectivity index (χ2v) is 18.0. The van der Waals surface area contributed by atoms with Crippen molar-refractivity contribution in [1.29, 1.82) is 0 Å². The highest BCUT2D eigenvalue weighted by molar-refractivity contribution is 6.10. The summed E-state index contributed by atoms with van der Waals surface area (Å²) in [7, 11) is 0. The van der Waals surface area contributed by atoms with Gasteiger partial charge in [-0.15, -0.1) is 0 Å². The van der Waals surface area contributed by atoms with E-state index in [1.165, 1.54) is 24.5 Å². The number of ketones is 1. The molecular weight excluding hydrogens is 748 g/mol. The van der Waals surface area contributed by atoms with Gasteiger partial charge in [0.1, 0.15) is 29.4 Å². The Hall–Kier alpha value is -4.34. The van der Waals surface area contributed by atoms with Gasteiger partial charge < -0.3 is 24.2 Å². The average Bonchev–Trinajstić information content (AvgIpc) is 3.38. The van der Waals surface area contributed by atoms with Gasteiger partial charge in [-0.1, -0.05) is 0 Å². The summed E-state index contributed by atoms with van der Waals surface area (Å²) in [6.07, 6.45) is 0.153. The Bertz CT molecular complexity index is 1830. The lowest BCUT2D eigenvalue weighted by Crippen LogP contribution is -2.61. The van der Waals surface area contributed by atoms with Crippen LogP contribution in [0.5, 0.6) is 11.5 Å². The van der Waals surface area contributed by atoms with E-state index in [9.17, 15) is 36.7 Å². The number of nitrogens with zero attached hydrogens (tertiary/aromatic N) is 6. The molecule has 57 heavy (non-hydrogen) atoms. The van der Waals surface area contributed by atoms with E-state index in [-0.39, 0.29) is 47.1 Å². The molecule has 1 aromatic heterocycles. The quantitative estimate of drug-likeness (QED) is 0.187. The van der Waals surface area contributed by atoms with Gasteiger partial charge in [0.2, 0.25) is 11.7 Å². The number of carbonyl (C=O) groups is 4. The number of halogens is 4. The smallest absolute Gasteiger partial charge is 0.450 e. The van der Waals surface area contributed by atoms with Crippen molar-refractivity contribution in [2.75, 3.05) is 37.6 Å². The molecule has 1 saturated carbocycles. The molecule has 4 fully saturated rings. The molecule has 3 amide bonds. The Labute approximate surface area is 331 Å². The number of imide groups is 1. The molecule has 12 nitrogen and oxygen atoms in total. The van der Waals surface area contributed by atoms with Crippen LogP contribution in [0.15, 0.2) is 30.7 Å². The minimum absolute atomic E-state index is 0.0690. The number of rotatable bonds is 9. The van der Waals surface area contributed by atoms with E-state index in [1.807, 2.05) is 27.7 Å². The van der Waals surface area contributed by atoms with Gasteiger partial charge in [-0.2, -0.15) is 13.2 Å². The highest BCUT2D eigenvalue weighted by Gasteiger charge is 2.61. The summed E-state index contributed by atoms with van der Waals surface area (Å²) >= 11 is 0. The standard InChI is InChI=1S/C41H54F4N6O6/c1-25(2)50(26(3)4)35(53)29-18-28(42)8-9-31(29)56-32-20-46-24-47-34(32)49-22-39(23-49)14-16-48(17-15-39)21-27-10-12-40(13-11-27)19-30(33(52)41(43,44)45)36(54)51(40)37(55)57-38(5,6)7/h8-9,18,20,24-27,30H,10-17,19,21-23H2,1-7H3/t27-,30?,40-. The lowest BCUT2D eigenvalue weighted by atomic mass is 9.71. The number of ether oxygens (including phenoxy) is 2. The van der Waals surface area contributed by atoms with Crippen molar-refractivity contribution in [3.8, 4) is 11.5 Å². The Morgan fingerprint density at radius 3 is 2.18 bits per heavy atom. The maximum Gasteiger partial charge on any atom is 0.450 e. The Balaban J connectivity index is 1.05. The molecule has 3 aliphatic heterocycles. The maximum atomic E-state index is 14.4. The molecule has 2 aromatic rings. The number of hydrogen-bond acceptors (Lipinski definition) is 10. The van der Waals surface area contributed by atoms with Crippen LogP contribution >= 0.6 is 0 Å². The van der Waals surface area contributed by atoms with Crippen molar-refractivity contribution >= 4 is 29.5 Å². The predicted octanol–water partition coefficient (Wildman–Crippen LogP) is 7.41. The fourth-order valence-corrected chi connectivity index (χ4v) is 9.27. The third-order valence-electron chi connectivity index (χ3n) is 12.0. The molecule has 0 bridgehead atoms. The second-order valence-electron chi connectivity index (χ2n) is 18.0. The summed E-state index contributed by atoms with van der Waals surface area (Å²) in [6.45, 7) is 16.5. The van der Waals surface area contributed by atoms with Gasteiger partial charge in [0.15, 0.2) is 11.6 Å². The van der Waals surface area contributed by atoms with Crippen LogP contribution in [0.1, 0.15) is 104 Å². The zero-order valence-electron chi connectivity index (χ0n) is 33.8. The number of benzene rings is 1. The molecular formula is C41H54F4N6O6. The minimum atomic E-state index is -5.19. The topological polar surface area (TPSA) is 125 Å². The summed E-state index contributed by atoms with van der Waals surface area (Å²) in [5.74, 6) is -4.69. The lowest BCUT2D eigenvalue weighted by Gasteiger charge is -2.55. The van der Waals surface area contributed by atoms with Crippen LogP contribution in [0, 0.1) is 23.1 Å². The monoisotopic (exact) mass is 802 g/mol. The van der Waals surface area contributed by atoms with Crippen LogP contribution in [0.2, 0.25) is 0 Å². The molecule has 1 unspecified atom stereocenters. The molecule has 3 saturated heterocycles. The summed E-state index contributed by atoms with van der Waals surface area (Å²) in [6, 6.07) is 3.68. The number of piperidine rings is 1. The van der Waals surface area contributed by atoms with E-state index < -0.39 is 46.8 Å². The second kappa shape index (κ2) is 15.8. The zero-order valence-corrected chi connectivity index (χ0v) is 33.8. The summed E-state index contributed by atoms with van der Waals surface area (Å²) < 4.78 is 66.6. The number of Topliss-reactive ketones (excluding diaryl/α,β-unsaturated/α-hetero) is 1. The molecule has 2 spiro atoms. The van der Waals surface area contributed by atoms with Crippen molar-refractivity contribution in [2.45, 2.75) is 123 Å². The number of alkyl halides is 3. The van der Waals surface area contributed by atoms with E-state index in [2.05, 4.69) is 19.8 Å². The number of anilines is 1. The van der Waals surface area contributed by atoms with E-state index in [1.54, 1.807) is 31.9 Å². The molecule has 4 heterocycles. The van der Waals surface area contributed by atoms with E-state index in [0.717, 1.165) is 50.5 Å². The number of carbonyl (C=O) groups excluding carboxylic acids is 4.